The first-order valence-corrected chi connectivity index (χ1v) is 8.97. The molecule has 0 amide bonds. The molecule has 0 spiro atoms. The lowest BCUT2D eigenvalue weighted by atomic mass is 10.00. The molecule has 0 saturated carbocycles. The number of aromatic nitrogens is 1. The summed E-state index contributed by atoms with van der Waals surface area (Å²) in [7, 11) is 0. The maximum absolute atomic E-state index is 6.06. The first-order valence-electron chi connectivity index (χ1n) is 8.59. The van der Waals surface area contributed by atoms with Crippen LogP contribution >= 0.6 is 11.6 Å². The highest BCUT2D eigenvalue weighted by Crippen LogP contribution is 2.30. The summed E-state index contributed by atoms with van der Waals surface area (Å²) in [6.07, 6.45) is 0. The summed E-state index contributed by atoms with van der Waals surface area (Å²) in [5.74, 6) is 0. The quantitative estimate of drug-likeness (QED) is 0.384. The molecule has 0 bridgehead atoms. The van der Waals surface area contributed by atoms with Crippen LogP contribution in [0.4, 0.5) is 0 Å². The topological polar surface area (TPSA) is 12.9 Å². The van der Waals surface area contributed by atoms with E-state index < -0.39 is 0 Å². The van der Waals surface area contributed by atoms with E-state index >= 15 is 0 Å². The average Bonchev–Trinajstić information content (AvgIpc) is 2.69. The van der Waals surface area contributed by atoms with Gasteiger partial charge >= 0.3 is 0 Å². The van der Waals surface area contributed by atoms with E-state index in [1.807, 2.05) is 42.5 Å². The number of halogens is 1. The number of pyridine rings is 1. The highest BCUT2D eigenvalue weighted by Gasteiger charge is 2.09. The van der Waals surface area contributed by atoms with Crippen LogP contribution in [-0.4, -0.2) is 4.98 Å². The standard InChI is InChI=1S/C24H18ClN/c1-17-7-9-20(10-8-17)24-16-21(18-11-13-22(25)14-12-18)15-23(26-24)19-5-3-2-4-6-19/h2-16H,1H3. The number of hydrogen-bond acceptors (Lipinski definition) is 1. The Morgan fingerprint density at radius 3 is 1.73 bits per heavy atom. The summed E-state index contributed by atoms with van der Waals surface area (Å²) < 4.78 is 0. The van der Waals surface area contributed by atoms with Crippen molar-refractivity contribution in [2.75, 3.05) is 0 Å². The van der Waals surface area contributed by atoms with E-state index in [2.05, 4.69) is 55.5 Å². The predicted molar refractivity (Wildman–Crippen MR) is 110 cm³/mol. The van der Waals surface area contributed by atoms with Crippen molar-refractivity contribution in [3.8, 4) is 33.6 Å². The summed E-state index contributed by atoms with van der Waals surface area (Å²) in [6.45, 7) is 2.09. The summed E-state index contributed by atoms with van der Waals surface area (Å²) in [5.41, 5.74) is 7.66. The summed E-state index contributed by atoms with van der Waals surface area (Å²) in [4.78, 5) is 4.92. The van der Waals surface area contributed by atoms with Gasteiger partial charge in [0.05, 0.1) is 11.4 Å². The van der Waals surface area contributed by atoms with Gasteiger partial charge in [-0.3, -0.25) is 0 Å². The molecular weight excluding hydrogens is 338 g/mol. The van der Waals surface area contributed by atoms with Crippen LogP contribution in [0.15, 0.2) is 91.0 Å². The largest absolute Gasteiger partial charge is 0.248 e. The third-order valence-corrected chi connectivity index (χ3v) is 4.67. The van der Waals surface area contributed by atoms with Gasteiger partial charge in [-0.15, -0.1) is 0 Å². The fourth-order valence-corrected chi connectivity index (χ4v) is 3.09. The third kappa shape index (κ3) is 3.54. The summed E-state index contributed by atoms with van der Waals surface area (Å²) in [5, 5.41) is 0.741. The summed E-state index contributed by atoms with van der Waals surface area (Å²) in [6, 6.07) is 31.0. The first kappa shape index (κ1) is 16.6. The van der Waals surface area contributed by atoms with Crippen molar-refractivity contribution in [3.05, 3.63) is 102 Å². The highest BCUT2D eigenvalue weighted by molar-refractivity contribution is 6.30. The number of hydrogen-bond donors (Lipinski definition) is 0. The van der Waals surface area contributed by atoms with Gasteiger partial charge < -0.3 is 0 Å². The molecule has 2 heteroatoms. The fraction of sp³-hybridized carbons (Fsp3) is 0.0417. The molecule has 0 N–H and O–H groups in total. The van der Waals surface area contributed by atoms with Gasteiger partial charge in [-0.05, 0) is 42.3 Å². The van der Waals surface area contributed by atoms with Gasteiger partial charge in [0.25, 0.3) is 0 Å². The van der Waals surface area contributed by atoms with Crippen LogP contribution in [0.3, 0.4) is 0 Å². The molecule has 4 rings (SSSR count). The van der Waals surface area contributed by atoms with Crippen molar-refractivity contribution >= 4 is 11.6 Å². The molecular formula is C24H18ClN. The Kier molecular flexibility index (Phi) is 4.55. The van der Waals surface area contributed by atoms with Crippen LogP contribution in [0.2, 0.25) is 5.02 Å². The van der Waals surface area contributed by atoms with E-state index in [1.165, 1.54) is 5.56 Å². The minimum atomic E-state index is 0.741. The van der Waals surface area contributed by atoms with E-state index in [-0.39, 0.29) is 0 Å². The first-order chi connectivity index (χ1) is 12.7. The monoisotopic (exact) mass is 355 g/mol. The molecule has 0 saturated heterocycles. The Morgan fingerprint density at radius 2 is 1.12 bits per heavy atom. The molecule has 126 valence electrons. The molecule has 0 aliphatic heterocycles. The van der Waals surface area contributed by atoms with Gasteiger partial charge in [0.2, 0.25) is 0 Å². The maximum Gasteiger partial charge on any atom is 0.0715 e. The van der Waals surface area contributed by atoms with Gasteiger partial charge in [0.1, 0.15) is 0 Å². The number of rotatable bonds is 3. The van der Waals surface area contributed by atoms with Crippen molar-refractivity contribution < 1.29 is 0 Å². The van der Waals surface area contributed by atoms with Gasteiger partial charge in [-0.1, -0.05) is 83.9 Å². The van der Waals surface area contributed by atoms with Crippen LogP contribution < -0.4 is 0 Å². The Hall–Kier alpha value is -2.90. The van der Waals surface area contributed by atoms with Crippen LogP contribution in [0.5, 0.6) is 0 Å². The minimum Gasteiger partial charge on any atom is -0.248 e. The molecule has 4 aromatic rings. The average molecular weight is 356 g/mol. The minimum absolute atomic E-state index is 0.741. The van der Waals surface area contributed by atoms with E-state index in [1.54, 1.807) is 0 Å². The summed E-state index contributed by atoms with van der Waals surface area (Å²) >= 11 is 6.06. The molecule has 1 nitrogen and oxygen atoms in total. The lowest BCUT2D eigenvalue weighted by Gasteiger charge is -2.10. The molecule has 26 heavy (non-hydrogen) atoms. The predicted octanol–water partition coefficient (Wildman–Crippen LogP) is 7.04. The van der Waals surface area contributed by atoms with Gasteiger partial charge in [0, 0.05) is 16.1 Å². The van der Waals surface area contributed by atoms with Gasteiger partial charge in [-0.25, -0.2) is 4.98 Å². The zero-order valence-corrected chi connectivity index (χ0v) is 15.2. The molecule has 0 atom stereocenters. The van der Waals surface area contributed by atoms with Gasteiger partial charge in [0.15, 0.2) is 0 Å². The van der Waals surface area contributed by atoms with Gasteiger partial charge in [-0.2, -0.15) is 0 Å². The van der Waals surface area contributed by atoms with Crippen LogP contribution in [0.25, 0.3) is 33.6 Å². The second kappa shape index (κ2) is 7.15. The molecule has 0 unspecified atom stereocenters. The maximum atomic E-state index is 6.06. The Balaban J connectivity index is 1.89. The number of benzene rings is 3. The highest BCUT2D eigenvalue weighted by atomic mass is 35.5. The van der Waals surface area contributed by atoms with Crippen molar-refractivity contribution in [1.82, 2.24) is 4.98 Å². The molecule has 0 radical (unpaired) electrons. The Labute approximate surface area is 158 Å². The second-order valence-corrected chi connectivity index (χ2v) is 6.80. The second-order valence-electron chi connectivity index (χ2n) is 6.37. The fourth-order valence-electron chi connectivity index (χ4n) is 2.97. The van der Waals surface area contributed by atoms with Crippen LogP contribution in [0, 0.1) is 6.92 Å². The molecule has 1 heterocycles. The Bertz CT molecular complexity index is 956. The van der Waals surface area contributed by atoms with Crippen molar-refractivity contribution in [1.29, 1.82) is 0 Å². The van der Waals surface area contributed by atoms with Crippen molar-refractivity contribution in [3.63, 3.8) is 0 Å². The molecule has 0 fully saturated rings. The van der Waals surface area contributed by atoms with E-state index in [0.717, 1.165) is 38.7 Å². The van der Waals surface area contributed by atoms with Crippen LogP contribution in [0.1, 0.15) is 5.56 Å². The Morgan fingerprint density at radius 1 is 0.577 bits per heavy atom. The van der Waals surface area contributed by atoms with Crippen molar-refractivity contribution in [2.24, 2.45) is 0 Å². The molecule has 1 aromatic heterocycles. The number of aryl methyl sites for hydroxylation is 1. The zero-order chi connectivity index (χ0) is 17.9. The van der Waals surface area contributed by atoms with Crippen LogP contribution in [-0.2, 0) is 0 Å². The lowest BCUT2D eigenvalue weighted by Crippen LogP contribution is -1.91. The number of nitrogens with zero attached hydrogens (tertiary/aromatic N) is 1. The molecule has 0 aliphatic carbocycles. The third-order valence-electron chi connectivity index (χ3n) is 4.42. The zero-order valence-electron chi connectivity index (χ0n) is 14.5. The van der Waals surface area contributed by atoms with E-state index in [0.29, 0.717) is 0 Å². The molecule has 3 aromatic carbocycles. The lowest BCUT2D eigenvalue weighted by molar-refractivity contribution is 1.32. The van der Waals surface area contributed by atoms with Crippen molar-refractivity contribution in [2.45, 2.75) is 6.92 Å². The normalized spacial score (nSPS) is 10.7. The van der Waals surface area contributed by atoms with E-state index in [4.69, 9.17) is 16.6 Å². The SMILES string of the molecule is Cc1ccc(-c2cc(-c3ccc(Cl)cc3)cc(-c3ccccc3)n2)cc1. The molecule has 0 aliphatic rings. The smallest absolute Gasteiger partial charge is 0.0715 e. The van der Waals surface area contributed by atoms with E-state index in [9.17, 15) is 0 Å².